The Morgan fingerprint density at radius 1 is 1.00 bits per heavy atom. The molecule has 1 heterocycles. The summed E-state index contributed by atoms with van der Waals surface area (Å²) < 4.78 is 22.7. The van der Waals surface area contributed by atoms with E-state index in [0.29, 0.717) is 25.0 Å². The van der Waals surface area contributed by atoms with Gasteiger partial charge in [0.05, 0.1) is 5.75 Å². The lowest BCUT2D eigenvalue weighted by Crippen LogP contribution is -2.50. The fourth-order valence-corrected chi connectivity index (χ4v) is 7.10. The number of hydrogen-bond donors (Lipinski definition) is 0. The van der Waals surface area contributed by atoms with E-state index in [9.17, 15) is 13.2 Å². The number of sulfone groups is 1. The molecular weight excluding hydrogens is 360 g/mol. The molecule has 152 valence electrons. The minimum absolute atomic E-state index is 0.158. The van der Waals surface area contributed by atoms with E-state index in [1.807, 2.05) is 11.0 Å². The highest BCUT2D eigenvalue weighted by Crippen LogP contribution is 2.62. The van der Waals surface area contributed by atoms with Crippen LogP contribution in [0.2, 0.25) is 0 Å². The smallest absolute Gasteiger partial charge is 0.246 e. The molecule has 4 aliphatic carbocycles. The second kappa shape index (κ2) is 7.18. The molecule has 0 N–H and O–H groups in total. The van der Waals surface area contributed by atoms with Crippen molar-refractivity contribution in [1.82, 2.24) is 9.80 Å². The van der Waals surface area contributed by atoms with Crippen molar-refractivity contribution in [3.05, 3.63) is 11.6 Å². The van der Waals surface area contributed by atoms with Crippen molar-refractivity contribution in [1.29, 1.82) is 0 Å². The lowest BCUT2D eigenvalue weighted by Gasteiger charge is -2.57. The van der Waals surface area contributed by atoms with Crippen LogP contribution in [0.5, 0.6) is 0 Å². The van der Waals surface area contributed by atoms with Crippen LogP contribution in [0.3, 0.4) is 0 Å². The van der Waals surface area contributed by atoms with Gasteiger partial charge in [-0.05, 0) is 68.6 Å². The highest BCUT2D eigenvalue weighted by molar-refractivity contribution is 7.90. The van der Waals surface area contributed by atoms with Crippen molar-refractivity contribution in [3.8, 4) is 0 Å². The van der Waals surface area contributed by atoms with Crippen LogP contribution in [0.15, 0.2) is 11.6 Å². The SMILES string of the molecule is C/C(=C/C(=O)N1CCN(CCS(C)(=O)=O)CC1)C12CC3CC(CC(C3)C1)C2. The van der Waals surface area contributed by atoms with E-state index in [2.05, 4.69) is 11.8 Å². The second-order valence-electron chi connectivity index (χ2n) is 9.82. The molecule has 0 unspecified atom stereocenters. The van der Waals surface area contributed by atoms with E-state index >= 15 is 0 Å². The molecule has 27 heavy (non-hydrogen) atoms. The number of allylic oxidation sites excluding steroid dienone is 1. The third-order valence-corrected chi connectivity index (χ3v) is 8.60. The van der Waals surface area contributed by atoms with Gasteiger partial charge < -0.3 is 4.90 Å². The minimum Gasteiger partial charge on any atom is -0.337 e. The molecule has 0 atom stereocenters. The molecule has 0 aromatic heterocycles. The van der Waals surface area contributed by atoms with Gasteiger partial charge in [-0.3, -0.25) is 9.69 Å². The van der Waals surface area contributed by atoms with Crippen LogP contribution in [-0.4, -0.2) is 68.9 Å². The van der Waals surface area contributed by atoms with Gasteiger partial charge in [0.1, 0.15) is 9.84 Å². The summed E-state index contributed by atoms with van der Waals surface area (Å²) in [6, 6.07) is 0. The first-order valence-electron chi connectivity index (χ1n) is 10.6. The molecule has 1 aliphatic heterocycles. The van der Waals surface area contributed by atoms with Gasteiger partial charge in [-0.25, -0.2) is 8.42 Å². The molecule has 4 saturated carbocycles. The molecule has 1 amide bonds. The Balaban J connectivity index is 1.34. The topological polar surface area (TPSA) is 57.7 Å². The number of hydrogen-bond acceptors (Lipinski definition) is 4. The zero-order valence-electron chi connectivity index (χ0n) is 16.8. The van der Waals surface area contributed by atoms with Gasteiger partial charge in [0.2, 0.25) is 5.91 Å². The molecule has 4 bridgehead atoms. The first-order chi connectivity index (χ1) is 12.7. The Kier molecular flexibility index (Phi) is 5.17. The Bertz CT molecular complexity index is 684. The Morgan fingerprint density at radius 2 is 1.52 bits per heavy atom. The van der Waals surface area contributed by atoms with Crippen LogP contribution >= 0.6 is 0 Å². The zero-order valence-corrected chi connectivity index (χ0v) is 17.6. The summed E-state index contributed by atoms with van der Waals surface area (Å²) in [5.41, 5.74) is 1.63. The second-order valence-corrected chi connectivity index (χ2v) is 12.1. The summed E-state index contributed by atoms with van der Waals surface area (Å²) in [7, 11) is -2.92. The Labute approximate surface area is 164 Å². The van der Waals surface area contributed by atoms with E-state index in [4.69, 9.17) is 0 Å². The maximum absolute atomic E-state index is 12.9. The molecule has 5 aliphatic rings. The monoisotopic (exact) mass is 394 g/mol. The summed E-state index contributed by atoms with van der Waals surface area (Å²) >= 11 is 0. The molecule has 0 aromatic carbocycles. The normalized spacial score (nSPS) is 37.0. The summed E-state index contributed by atoms with van der Waals surface area (Å²) in [5, 5.41) is 0. The maximum Gasteiger partial charge on any atom is 0.246 e. The number of carbonyl (C=O) groups excluding carboxylic acids is 1. The predicted octanol–water partition coefficient (Wildman–Crippen LogP) is 2.34. The van der Waals surface area contributed by atoms with Gasteiger partial charge in [0, 0.05) is 45.1 Å². The molecule has 0 aromatic rings. The molecule has 0 spiro atoms. The standard InChI is InChI=1S/C21H34N2O3S/c1-16(21-13-17-10-18(14-21)12-19(11-17)15-21)9-20(24)23-5-3-22(4-6-23)7-8-27(2,25)26/h9,17-19H,3-8,10-15H2,1-2H3/b16-9-. The molecule has 5 rings (SSSR count). The van der Waals surface area contributed by atoms with Crippen LogP contribution in [0.1, 0.15) is 45.4 Å². The molecule has 1 saturated heterocycles. The van der Waals surface area contributed by atoms with E-state index in [0.717, 1.165) is 30.8 Å². The summed E-state index contributed by atoms with van der Waals surface area (Å²) in [4.78, 5) is 17.0. The highest BCUT2D eigenvalue weighted by atomic mass is 32.2. The molecule has 0 radical (unpaired) electrons. The zero-order chi connectivity index (χ0) is 19.2. The largest absolute Gasteiger partial charge is 0.337 e. The molecule has 6 heteroatoms. The van der Waals surface area contributed by atoms with Crippen molar-refractivity contribution in [2.45, 2.75) is 45.4 Å². The third kappa shape index (κ3) is 4.26. The number of piperazine rings is 1. The van der Waals surface area contributed by atoms with Gasteiger partial charge in [-0.1, -0.05) is 5.57 Å². The Morgan fingerprint density at radius 3 is 2.00 bits per heavy atom. The van der Waals surface area contributed by atoms with Crippen molar-refractivity contribution in [2.75, 3.05) is 44.7 Å². The van der Waals surface area contributed by atoms with E-state index in [1.54, 1.807) is 0 Å². The predicted molar refractivity (Wildman–Crippen MR) is 107 cm³/mol. The first-order valence-corrected chi connectivity index (χ1v) is 12.7. The number of amides is 1. The Hall–Kier alpha value is -0.880. The van der Waals surface area contributed by atoms with E-state index in [-0.39, 0.29) is 11.7 Å². The average Bonchev–Trinajstić information content (AvgIpc) is 2.58. The quantitative estimate of drug-likeness (QED) is 0.672. The molecule has 5 nitrogen and oxygen atoms in total. The van der Waals surface area contributed by atoms with Gasteiger partial charge in [0.15, 0.2) is 0 Å². The van der Waals surface area contributed by atoms with Crippen molar-refractivity contribution in [3.63, 3.8) is 0 Å². The lowest BCUT2D eigenvalue weighted by molar-refractivity contribution is -0.127. The number of rotatable bonds is 5. The van der Waals surface area contributed by atoms with Crippen molar-refractivity contribution < 1.29 is 13.2 Å². The summed E-state index contributed by atoms with van der Waals surface area (Å²) in [6.45, 7) is 5.72. The van der Waals surface area contributed by atoms with Crippen molar-refractivity contribution in [2.24, 2.45) is 23.2 Å². The summed E-state index contributed by atoms with van der Waals surface area (Å²) in [6.07, 6.45) is 11.4. The van der Waals surface area contributed by atoms with Gasteiger partial charge in [-0.15, -0.1) is 0 Å². The van der Waals surface area contributed by atoms with Crippen LogP contribution in [0, 0.1) is 23.2 Å². The minimum atomic E-state index is -2.92. The number of carbonyl (C=O) groups is 1. The van der Waals surface area contributed by atoms with Gasteiger partial charge >= 0.3 is 0 Å². The van der Waals surface area contributed by atoms with E-state index in [1.165, 1.54) is 50.4 Å². The van der Waals surface area contributed by atoms with E-state index < -0.39 is 9.84 Å². The third-order valence-electron chi connectivity index (χ3n) is 7.68. The summed E-state index contributed by atoms with van der Waals surface area (Å²) in [5.74, 6) is 3.05. The highest BCUT2D eigenvalue weighted by Gasteiger charge is 2.51. The van der Waals surface area contributed by atoms with Crippen LogP contribution in [0.4, 0.5) is 0 Å². The fourth-order valence-electron chi connectivity index (χ4n) is 6.51. The maximum atomic E-state index is 12.9. The number of nitrogens with zero attached hydrogens (tertiary/aromatic N) is 2. The van der Waals surface area contributed by atoms with Crippen LogP contribution in [0.25, 0.3) is 0 Å². The van der Waals surface area contributed by atoms with Gasteiger partial charge in [0.25, 0.3) is 0 Å². The van der Waals surface area contributed by atoms with Gasteiger partial charge in [-0.2, -0.15) is 0 Å². The average molecular weight is 395 g/mol. The fraction of sp³-hybridized carbons (Fsp3) is 0.857. The van der Waals surface area contributed by atoms with Crippen molar-refractivity contribution >= 4 is 15.7 Å². The first kappa shape index (κ1) is 19.4. The molecular formula is C21H34N2O3S. The van der Waals surface area contributed by atoms with Crippen LogP contribution in [-0.2, 0) is 14.6 Å². The van der Waals surface area contributed by atoms with Crippen LogP contribution < -0.4 is 0 Å². The lowest BCUT2D eigenvalue weighted by atomic mass is 9.48. The molecule has 5 fully saturated rings.